The fourth-order valence-corrected chi connectivity index (χ4v) is 4.04. The number of nitrogens with zero attached hydrogens (tertiary/aromatic N) is 1. The molecule has 0 saturated heterocycles. The molecule has 0 fully saturated rings. The molecule has 11 heteroatoms. The van der Waals surface area contributed by atoms with E-state index in [1.54, 1.807) is 12.1 Å². The highest BCUT2D eigenvalue weighted by Crippen LogP contribution is 2.14. The number of carbonyl (C=O) groups excluding carboxylic acids is 3. The van der Waals surface area contributed by atoms with Crippen LogP contribution in [0.15, 0.2) is 77.8 Å². The molecule has 3 rings (SSSR count). The van der Waals surface area contributed by atoms with Crippen molar-refractivity contribution in [1.82, 2.24) is 15.0 Å². The molecular weight excluding hydrogens is 474 g/mol. The van der Waals surface area contributed by atoms with Gasteiger partial charge in [0.05, 0.1) is 24.0 Å². The Balaban J connectivity index is 1.56. The molecule has 35 heavy (non-hydrogen) atoms. The molecule has 182 valence electrons. The van der Waals surface area contributed by atoms with Gasteiger partial charge in [-0.3, -0.25) is 9.59 Å². The summed E-state index contributed by atoms with van der Waals surface area (Å²) in [5.74, 6) is -1.15. The highest BCUT2D eigenvalue weighted by atomic mass is 32.2. The molecule has 0 bridgehead atoms. The molecule has 0 unspecified atom stereocenters. The third kappa shape index (κ3) is 7.64. The number of hydrogen-bond donors (Lipinski definition) is 2. The first-order valence-electron chi connectivity index (χ1n) is 10.5. The first-order valence-corrected chi connectivity index (χ1v) is 11.9. The average molecular weight is 498 g/mol. The third-order valence-electron chi connectivity index (χ3n) is 4.73. The van der Waals surface area contributed by atoms with Crippen molar-refractivity contribution in [3.05, 3.63) is 89.6 Å². The van der Waals surface area contributed by atoms with Crippen molar-refractivity contribution in [2.45, 2.75) is 17.7 Å². The monoisotopic (exact) mass is 497 g/mol. The summed E-state index contributed by atoms with van der Waals surface area (Å²) in [6.07, 6.45) is 0.750. The quantitative estimate of drug-likeness (QED) is 0.429. The van der Waals surface area contributed by atoms with Gasteiger partial charge >= 0.3 is 6.16 Å². The molecule has 2 N–H and O–H groups in total. The van der Waals surface area contributed by atoms with Crippen LogP contribution in [-0.4, -0.2) is 45.0 Å². The van der Waals surface area contributed by atoms with E-state index in [9.17, 15) is 22.8 Å². The van der Waals surface area contributed by atoms with Gasteiger partial charge in [-0.25, -0.2) is 22.9 Å². The van der Waals surface area contributed by atoms with E-state index >= 15 is 0 Å². The Kier molecular flexibility index (Phi) is 8.52. The Bertz CT molecular complexity index is 1290. The molecule has 0 spiro atoms. The molecule has 0 radical (unpaired) electrons. The van der Waals surface area contributed by atoms with Crippen LogP contribution in [0.5, 0.6) is 5.88 Å². The van der Waals surface area contributed by atoms with Crippen molar-refractivity contribution in [1.29, 1.82) is 0 Å². The fraction of sp³-hybridized carbons (Fsp3) is 0.167. The molecule has 1 aromatic heterocycles. The normalized spacial score (nSPS) is 10.8. The standard InChI is InChI=1S/C24H23N3O7S/c1-33-24(30)34-22-11-10-19(16-26-22)23(29)27-35(31,32)20-9-5-8-18(14-20)12-13-25-21(28)15-17-6-3-2-4-7-17/h2-11,14,16H,12-13,15H2,1H3,(H,25,28)(H,27,29). The summed E-state index contributed by atoms with van der Waals surface area (Å²) in [5, 5.41) is 2.81. The van der Waals surface area contributed by atoms with Crippen molar-refractivity contribution >= 4 is 28.0 Å². The SMILES string of the molecule is COC(=O)Oc1ccc(C(=O)NS(=O)(=O)c2cccc(CCNC(=O)Cc3ccccc3)c2)cn1. The van der Waals surface area contributed by atoms with E-state index < -0.39 is 22.1 Å². The maximum absolute atomic E-state index is 12.7. The van der Waals surface area contributed by atoms with Gasteiger partial charge < -0.3 is 14.8 Å². The van der Waals surface area contributed by atoms with Crippen LogP contribution in [0.1, 0.15) is 21.5 Å². The van der Waals surface area contributed by atoms with Crippen molar-refractivity contribution in [2.24, 2.45) is 0 Å². The second-order valence-electron chi connectivity index (χ2n) is 7.29. The zero-order chi connectivity index (χ0) is 25.3. The number of carbonyl (C=O) groups is 3. The van der Waals surface area contributed by atoms with E-state index in [1.165, 1.54) is 24.3 Å². The molecule has 2 aromatic carbocycles. The van der Waals surface area contributed by atoms with E-state index in [-0.39, 0.29) is 28.7 Å². The van der Waals surface area contributed by atoms with Gasteiger partial charge in [0.1, 0.15) is 0 Å². The second-order valence-corrected chi connectivity index (χ2v) is 8.97. The summed E-state index contributed by atoms with van der Waals surface area (Å²) < 4.78 is 36.4. The number of nitrogens with one attached hydrogen (secondary N) is 2. The lowest BCUT2D eigenvalue weighted by Crippen LogP contribution is -2.31. The number of amides is 2. The van der Waals surface area contributed by atoms with Crippen LogP contribution in [0.25, 0.3) is 0 Å². The molecule has 0 aliphatic heterocycles. The molecule has 0 aliphatic carbocycles. The molecule has 10 nitrogen and oxygen atoms in total. The van der Waals surface area contributed by atoms with E-state index in [0.29, 0.717) is 18.5 Å². The first kappa shape index (κ1) is 25.4. The van der Waals surface area contributed by atoms with Gasteiger partial charge in [-0.2, -0.15) is 0 Å². The minimum Gasteiger partial charge on any atom is -0.437 e. The van der Waals surface area contributed by atoms with Crippen LogP contribution in [0.2, 0.25) is 0 Å². The van der Waals surface area contributed by atoms with Gasteiger partial charge in [-0.05, 0) is 35.7 Å². The molecule has 0 atom stereocenters. The summed E-state index contributed by atoms with van der Waals surface area (Å²) in [4.78, 5) is 39.2. The Morgan fingerprint density at radius 3 is 2.37 bits per heavy atom. The summed E-state index contributed by atoms with van der Waals surface area (Å²) in [5.41, 5.74) is 1.52. The van der Waals surface area contributed by atoms with Gasteiger partial charge in [0.25, 0.3) is 15.9 Å². The lowest BCUT2D eigenvalue weighted by Gasteiger charge is -2.10. The largest absolute Gasteiger partial charge is 0.514 e. The maximum Gasteiger partial charge on any atom is 0.514 e. The number of sulfonamides is 1. The first-order chi connectivity index (χ1) is 16.8. The number of hydrogen-bond acceptors (Lipinski definition) is 8. The second kappa shape index (κ2) is 11.7. The van der Waals surface area contributed by atoms with Crippen molar-refractivity contribution in [2.75, 3.05) is 13.7 Å². The molecule has 1 heterocycles. The Morgan fingerprint density at radius 2 is 1.69 bits per heavy atom. The highest BCUT2D eigenvalue weighted by molar-refractivity contribution is 7.90. The van der Waals surface area contributed by atoms with E-state index in [4.69, 9.17) is 4.74 Å². The van der Waals surface area contributed by atoms with Crippen molar-refractivity contribution in [3.8, 4) is 5.88 Å². The molecule has 0 aliphatic rings. The summed E-state index contributed by atoms with van der Waals surface area (Å²) in [7, 11) is -3.03. The summed E-state index contributed by atoms with van der Waals surface area (Å²) in [6, 6.07) is 17.9. The lowest BCUT2D eigenvalue weighted by molar-refractivity contribution is -0.120. The zero-order valence-electron chi connectivity index (χ0n) is 18.8. The van der Waals surface area contributed by atoms with E-state index in [1.807, 2.05) is 35.1 Å². The van der Waals surface area contributed by atoms with Crippen LogP contribution in [-0.2, 0) is 32.4 Å². The van der Waals surface area contributed by atoms with E-state index in [0.717, 1.165) is 18.9 Å². The number of pyridine rings is 1. The van der Waals surface area contributed by atoms with Crippen LogP contribution in [0, 0.1) is 0 Å². The van der Waals surface area contributed by atoms with Crippen molar-refractivity contribution < 1.29 is 32.3 Å². The smallest absolute Gasteiger partial charge is 0.437 e. The predicted octanol–water partition coefficient (Wildman–Crippen LogP) is 2.25. The Labute approximate surface area is 202 Å². The lowest BCUT2D eigenvalue weighted by atomic mass is 10.1. The molecule has 3 aromatic rings. The van der Waals surface area contributed by atoms with Gasteiger partial charge in [0.15, 0.2) is 0 Å². The topological polar surface area (TPSA) is 141 Å². The highest BCUT2D eigenvalue weighted by Gasteiger charge is 2.20. The van der Waals surface area contributed by atoms with Gasteiger partial charge in [-0.15, -0.1) is 0 Å². The minimum atomic E-state index is -4.17. The third-order valence-corrected chi connectivity index (χ3v) is 6.06. The molecule has 2 amide bonds. The Morgan fingerprint density at radius 1 is 0.943 bits per heavy atom. The number of methoxy groups -OCH3 is 1. The number of ether oxygens (including phenoxy) is 2. The van der Waals surface area contributed by atoms with Crippen LogP contribution >= 0.6 is 0 Å². The number of rotatable bonds is 9. The summed E-state index contributed by atoms with van der Waals surface area (Å²) in [6.45, 7) is 0.327. The number of aromatic nitrogens is 1. The average Bonchev–Trinajstić information content (AvgIpc) is 2.85. The predicted molar refractivity (Wildman–Crippen MR) is 125 cm³/mol. The van der Waals surface area contributed by atoms with Gasteiger partial charge in [-0.1, -0.05) is 42.5 Å². The van der Waals surface area contributed by atoms with Crippen LogP contribution in [0.3, 0.4) is 0 Å². The molecule has 0 saturated carbocycles. The van der Waals surface area contributed by atoms with Crippen LogP contribution in [0.4, 0.5) is 4.79 Å². The fourth-order valence-electron chi connectivity index (χ4n) is 3.00. The van der Waals surface area contributed by atoms with Crippen LogP contribution < -0.4 is 14.8 Å². The minimum absolute atomic E-state index is 0.0527. The maximum atomic E-state index is 12.7. The summed E-state index contributed by atoms with van der Waals surface area (Å²) >= 11 is 0. The van der Waals surface area contributed by atoms with Gasteiger partial charge in [0.2, 0.25) is 11.8 Å². The van der Waals surface area contributed by atoms with E-state index in [2.05, 4.69) is 15.0 Å². The van der Waals surface area contributed by atoms with Crippen molar-refractivity contribution in [3.63, 3.8) is 0 Å². The Hall–Kier alpha value is -4.25. The zero-order valence-corrected chi connectivity index (χ0v) is 19.6. The molecular formula is C24H23N3O7S. The number of benzene rings is 2. The van der Waals surface area contributed by atoms with Gasteiger partial charge in [0, 0.05) is 18.8 Å².